The van der Waals surface area contributed by atoms with Gasteiger partial charge in [-0.15, -0.1) is 0 Å². The van der Waals surface area contributed by atoms with Gasteiger partial charge in [-0.1, -0.05) is 61.5 Å². The Hall–Kier alpha value is -1.98. The topological polar surface area (TPSA) is 64.3 Å². The molecule has 0 spiro atoms. The van der Waals surface area contributed by atoms with E-state index in [0.29, 0.717) is 5.92 Å². The van der Waals surface area contributed by atoms with E-state index in [4.69, 9.17) is 20.6 Å². The summed E-state index contributed by atoms with van der Waals surface area (Å²) in [5.41, 5.74) is 5.45. The lowest BCUT2D eigenvalue weighted by molar-refractivity contribution is -0.0627. The fourth-order valence-corrected chi connectivity index (χ4v) is 4.17. The highest BCUT2D eigenvalue weighted by Crippen LogP contribution is 2.44. The predicted molar refractivity (Wildman–Crippen MR) is 106 cm³/mol. The van der Waals surface area contributed by atoms with Gasteiger partial charge in [0.25, 0.3) is 0 Å². The minimum Gasteiger partial charge on any atom is -0.386 e. The number of nitrogens with two attached hydrogens (primary N) is 1. The standard InChI is InChI=1S/C22H30N4O/c1-13-8-11-18(15(3)12-13)21-20-22(27-26(21)23)19(24-16(4)25-20)14(2)6-5-7-17-9-10-17/h8,11-12,14,17,21H,5-7,9-10,23H2,1-4H3. The lowest BCUT2D eigenvalue weighted by Gasteiger charge is -2.19. The number of rotatable bonds is 6. The predicted octanol–water partition coefficient (Wildman–Crippen LogP) is 4.66. The number of aryl methyl sites for hydroxylation is 3. The molecule has 0 bridgehead atoms. The van der Waals surface area contributed by atoms with Gasteiger partial charge >= 0.3 is 0 Å². The molecule has 1 aliphatic heterocycles. The van der Waals surface area contributed by atoms with Crippen LogP contribution in [0.5, 0.6) is 5.75 Å². The second-order valence-corrected chi connectivity index (χ2v) is 8.36. The van der Waals surface area contributed by atoms with Crippen molar-refractivity contribution in [3.8, 4) is 5.75 Å². The molecule has 1 aliphatic carbocycles. The summed E-state index contributed by atoms with van der Waals surface area (Å²) in [5.74, 6) is 9.13. The van der Waals surface area contributed by atoms with Crippen LogP contribution in [0, 0.1) is 26.7 Å². The number of nitrogens with zero attached hydrogens (tertiary/aromatic N) is 3. The number of aromatic nitrogens is 2. The summed E-state index contributed by atoms with van der Waals surface area (Å²) in [5, 5.41) is 1.44. The monoisotopic (exact) mass is 366 g/mol. The van der Waals surface area contributed by atoms with E-state index >= 15 is 0 Å². The van der Waals surface area contributed by atoms with Gasteiger partial charge in [0, 0.05) is 5.92 Å². The molecule has 0 amide bonds. The Morgan fingerprint density at radius 1 is 1.22 bits per heavy atom. The highest BCUT2D eigenvalue weighted by Gasteiger charge is 2.38. The van der Waals surface area contributed by atoms with E-state index < -0.39 is 0 Å². The maximum absolute atomic E-state index is 6.28. The first-order valence-corrected chi connectivity index (χ1v) is 10.1. The Kier molecular flexibility index (Phi) is 4.91. The van der Waals surface area contributed by atoms with Crippen LogP contribution in [0.15, 0.2) is 18.2 Å². The van der Waals surface area contributed by atoms with Gasteiger partial charge in [-0.25, -0.2) is 15.8 Å². The number of hydrazine groups is 1. The normalized spacial score (nSPS) is 20.4. The lowest BCUT2D eigenvalue weighted by atomic mass is 9.94. The number of fused-ring (bicyclic) bond motifs is 1. The van der Waals surface area contributed by atoms with Crippen LogP contribution in [0.2, 0.25) is 0 Å². The second kappa shape index (κ2) is 7.21. The van der Waals surface area contributed by atoms with Crippen LogP contribution in [0.3, 0.4) is 0 Å². The molecule has 1 aromatic heterocycles. The molecule has 5 heteroatoms. The van der Waals surface area contributed by atoms with Crippen molar-refractivity contribution in [1.29, 1.82) is 0 Å². The Morgan fingerprint density at radius 3 is 2.70 bits per heavy atom. The Labute approximate surface area is 161 Å². The van der Waals surface area contributed by atoms with Crippen molar-refractivity contribution in [3.05, 3.63) is 52.1 Å². The van der Waals surface area contributed by atoms with Crippen molar-refractivity contribution in [2.24, 2.45) is 11.8 Å². The summed E-state index contributed by atoms with van der Waals surface area (Å²) in [6, 6.07) is 6.23. The fourth-order valence-electron chi connectivity index (χ4n) is 4.17. The smallest absolute Gasteiger partial charge is 0.194 e. The summed E-state index contributed by atoms with van der Waals surface area (Å²) in [7, 11) is 0. The van der Waals surface area contributed by atoms with Gasteiger partial charge in [0.05, 0.1) is 5.69 Å². The third-order valence-corrected chi connectivity index (χ3v) is 5.87. The summed E-state index contributed by atoms with van der Waals surface area (Å²) >= 11 is 0. The largest absolute Gasteiger partial charge is 0.386 e. The second-order valence-electron chi connectivity index (χ2n) is 8.36. The highest BCUT2D eigenvalue weighted by molar-refractivity contribution is 5.46. The van der Waals surface area contributed by atoms with Crippen LogP contribution in [0.25, 0.3) is 0 Å². The van der Waals surface area contributed by atoms with Gasteiger partial charge in [0.1, 0.15) is 17.6 Å². The number of hydrogen-bond donors (Lipinski definition) is 1. The first-order valence-electron chi connectivity index (χ1n) is 10.1. The van der Waals surface area contributed by atoms with E-state index in [9.17, 15) is 0 Å². The van der Waals surface area contributed by atoms with Crippen LogP contribution in [-0.2, 0) is 0 Å². The molecule has 5 nitrogen and oxygen atoms in total. The molecule has 2 N–H and O–H groups in total. The quantitative estimate of drug-likeness (QED) is 0.753. The molecule has 1 saturated carbocycles. The number of hydroxylamine groups is 1. The minimum atomic E-state index is -0.195. The van der Waals surface area contributed by atoms with E-state index in [1.807, 2.05) is 6.92 Å². The highest BCUT2D eigenvalue weighted by atomic mass is 16.7. The van der Waals surface area contributed by atoms with E-state index in [-0.39, 0.29) is 6.04 Å². The molecule has 144 valence electrons. The molecule has 2 aromatic rings. The van der Waals surface area contributed by atoms with Gasteiger partial charge in [0.15, 0.2) is 5.75 Å². The molecule has 2 unspecified atom stereocenters. The maximum Gasteiger partial charge on any atom is 0.194 e. The summed E-state index contributed by atoms with van der Waals surface area (Å²) in [6.45, 7) is 8.41. The zero-order valence-electron chi connectivity index (χ0n) is 16.8. The summed E-state index contributed by atoms with van der Waals surface area (Å²) in [4.78, 5) is 15.5. The van der Waals surface area contributed by atoms with Gasteiger partial charge in [0.2, 0.25) is 0 Å². The average molecular weight is 367 g/mol. The van der Waals surface area contributed by atoms with E-state index in [2.05, 4.69) is 39.0 Å². The van der Waals surface area contributed by atoms with Gasteiger partial charge in [-0.2, -0.15) is 0 Å². The van der Waals surface area contributed by atoms with Crippen molar-refractivity contribution in [3.63, 3.8) is 0 Å². The lowest BCUT2D eigenvalue weighted by Crippen LogP contribution is -2.34. The molecule has 4 rings (SSSR count). The van der Waals surface area contributed by atoms with Crippen LogP contribution < -0.4 is 10.7 Å². The van der Waals surface area contributed by atoms with Crippen LogP contribution in [-0.4, -0.2) is 15.1 Å². The average Bonchev–Trinajstić information content (AvgIpc) is 3.37. The Balaban J connectivity index is 1.65. The molecule has 0 radical (unpaired) electrons. The first kappa shape index (κ1) is 18.4. The number of benzene rings is 1. The van der Waals surface area contributed by atoms with E-state index in [1.165, 1.54) is 42.0 Å². The van der Waals surface area contributed by atoms with Gasteiger partial charge < -0.3 is 4.84 Å². The molecule has 2 heterocycles. The summed E-state index contributed by atoms with van der Waals surface area (Å²) < 4.78 is 0. The molecule has 2 aliphatic rings. The Bertz CT molecular complexity index is 846. The van der Waals surface area contributed by atoms with Crippen molar-refractivity contribution in [1.82, 2.24) is 15.1 Å². The molecule has 1 aromatic carbocycles. The van der Waals surface area contributed by atoms with Gasteiger partial charge in [-0.05, 0) is 44.2 Å². The Morgan fingerprint density at radius 2 is 2.00 bits per heavy atom. The van der Waals surface area contributed by atoms with Gasteiger partial charge in [-0.3, -0.25) is 0 Å². The van der Waals surface area contributed by atoms with Crippen LogP contribution in [0.1, 0.15) is 84.9 Å². The molecule has 1 fully saturated rings. The van der Waals surface area contributed by atoms with Crippen molar-refractivity contribution >= 4 is 0 Å². The first-order chi connectivity index (χ1) is 12.9. The van der Waals surface area contributed by atoms with E-state index in [1.54, 1.807) is 0 Å². The van der Waals surface area contributed by atoms with Crippen molar-refractivity contribution < 1.29 is 4.84 Å². The van der Waals surface area contributed by atoms with E-state index in [0.717, 1.165) is 40.9 Å². The minimum absolute atomic E-state index is 0.195. The molecule has 27 heavy (non-hydrogen) atoms. The van der Waals surface area contributed by atoms with Crippen molar-refractivity contribution in [2.75, 3.05) is 0 Å². The molecular weight excluding hydrogens is 336 g/mol. The molecule has 2 atom stereocenters. The fraction of sp³-hybridized carbons (Fsp3) is 0.545. The molecular formula is C22H30N4O. The molecule has 0 saturated heterocycles. The zero-order chi connectivity index (χ0) is 19.1. The number of hydrogen-bond acceptors (Lipinski definition) is 5. The third-order valence-electron chi connectivity index (χ3n) is 5.87. The van der Waals surface area contributed by atoms with Crippen molar-refractivity contribution in [2.45, 2.75) is 71.8 Å². The van der Waals surface area contributed by atoms with Crippen LogP contribution in [0.4, 0.5) is 0 Å². The summed E-state index contributed by atoms with van der Waals surface area (Å²) in [6.07, 6.45) is 6.54. The maximum atomic E-state index is 6.28. The third kappa shape index (κ3) is 3.71. The van der Waals surface area contributed by atoms with Crippen LogP contribution >= 0.6 is 0 Å². The SMILES string of the molecule is Cc1ccc(C2c3nc(C)nc(C(C)CCCC4CC4)c3ON2N)c(C)c1. The zero-order valence-corrected chi connectivity index (χ0v) is 16.8.